The smallest absolute Gasteiger partial charge is 0.325 e. The van der Waals surface area contributed by atoms with Crippen molar-refractivity contribution >= 4 is 11.9 Å². The van der Waals surface area contributed by atoms with Crippen LogP contribution in [0, 0.1) is 0 Å². The van der Waals surface area contributed by atoms with Crippen molar-refractivity contribution < 1.29 is 19.8 Å². The van der Waals surface area contributed by atoms with Crippen LogP contribution in [0.2, 0.25) is 0 Å². The lowest BCUT2D eigenvalue weighted by Crippen LogP contribution is -2.40. The van der Waals surface area contributed by atoms with E-state index in [4.69, 9.17) is 10.2 Å². The van der Waals surface area contributed by atoms with E-state index in [2.05, 4.69) is 0 Å². The lowest BCUT2D eigenvalue weighted by Gasteiger charge is -2.19. The summed E-state index contributed by atoms with van der Waals surface area (Å²) >= 11 is 0. The van der Waals surface area contributed by atoms with Crippen LogP contribution in [-0.4, -0.2) is 22.2 Å². The Bertz CT molecular complexity index is 342. The van der Waals surface area contributed by atoms with E-state index in [1.165, 1.54) is 19.1 Å². The van der Waals surface area contributed by atoms with Crippen LogP contribution in [0.15, 0.2) is 30.3 Å². The first-order valence-corrected chi connectivity index (χ1v) is 4.02. The van der Waals surface area contributed by atoms with Gasteiger partial charge in [0.1, 0.15) is 0 Å². The Kier molecular flexibility index (Phi) is 2.56. The Hall–Kier alpha value is -1.84. The van der Waals surface area contributed by atoms with E-state index in [1.54, 1.807) is 18.2 Å². The first-order chi connectivity index (χ1) is 6.49. The molecule has 2 N–H and O–H groups in total. The average Bonchev–Trinajstić information content (AvgIpc) is 2.17. The molecule has 0 amide bonds. The van der Waals surface area contributed by atoms with Gasteiger partial charge in [-0.3, -0.25) is 9.59 Å². The van der Waals surface area contributed by atoms with Gasteiger partial charge in [-0.2, -0.15) is 0 Å². The van der Waals surface area contributed by atoms with Crippen molar-refractivity contribution in [3.05, 3.63) is 35.9 Å². The Morgan fingerprint density at radius 2 is 1.50 bits per heavy atom. The number of benzene rings is 1. The van der Waals surface area contributed by atoms with Gasteiger partial charge in [-0.15, -0.1) is 0 Å². The van der Waals surface area contributed by atoms with Gasteiger partial charge < -0.3 is 10.2 Å². The summed E-state index contributed by atoms with van der Waals surface area (Å²) < 4.78 is 0. The highest BCUT2D eigenvalue weighted by atomic mass is 16.4. The molecular weight excluding hydrogens is 184 g/mol. The molecule has 0 aliphatic rings. The quantitative estimate of drug-likeness (QED) is 0.707. The molecule has 0 bridgehead atoms. The summed E-state index contributed by atoms with van der Waals surface area (Å²) in [6, 6.07) is 7.90. The maximum absolute atomic E-state index is 10.9. The Labute approximate surface area is 80.8 Å². The van der Waals surface area contributed by atoms with Gasteiger partial charge in [0.25, 0.3) is 0 Å². The number of hydrogen-bond donors (Lipinski definition) is 2. The summed E-state index contributed by atoms with van der Waals surface area (Å²) in [6.07, 6.45) is 0. The van der Waals surface area contributed by atoms with Crippen LogP contribution in [0.5, 0.6) is 0 Å². The SMILES string of the molecule is CC(C(=O)O)(C(=O)O)c1ccccc1. The van der Waals surface area contributed by atoms with Crippen molar-refractivity contribution in [1.29, 1.82) is 0 Å². The fourth-order valence-corrected chi connectivity index (χ4v) is 1.11. The van der Waals surface area contributed by atoms with Crippen LogP contribution in [0.3, 0.4) is 0 Å². The standard InChI is InChI=1S/C10H10O4/c1-10(8(11)12,9(13)14)7-5-3-2-4-6-7/h2-6H,1H3,(H,11,12)(H,13,14). The summed E-state index contributed by atoms with van der Waals surface area (Å²) in [5.41, 5.74) is -1.61. The van der Waals surface area contributed by atoms with Gasteiger partial charge in [0.05, 0.1) is 0 Å². The van der Waals surface area contributed by atoms with E-state index in [-0.39, 0.29) is 5.56 Å². The first kappa shape index (κ1) is 10.2. The zero-order chi connectivity index (χ0) is 10.8. The maximum Gasteiger partial charge on any atom is 0.325 e. The molecule has 0 spiro atoms. The van der Waals surface area contributed by atoms with E-state index in [0.29, 0.717) is 0 Å². The second-order valence-corrected chi connectivity index (χ2v) is 3.10. The third-order valence-corrected chi connectivity index (χ3v) is 2.21. The fourth-order valence-electron chi connectivity index (χ4n) is 1.11. The van der Waals surface area contributed by atoms with Gasteiger partial charge in [0.2, 0.25) is 0 Å². The van der Waals surface area contributed by atoms with Crippen molar-refractivity contribution in [3.8, 4) is 0 Å². The minimum Gasteiger partial charge on any atom is -0.480 e. The second kappa shape index (κ2) is 3.49. The number of carboxylic acids is 2. The zero-order valence-corrected chi connectivity index (χ0v) is 7.60. The summed E-state index contributed by atoms with van der Waals surface area (Å²) in [7, 11) is 0. The van der Waals surface area contributed by atoms with Crippen molar-refractivity contribution in [2.75, 3.05) is 0 Å². The maximum atomic E-state index is 10.9. The molecule has 0 fully saturated rings. The van der Waals surface area contributed by atoms with E-state index >= 15 is 0 Å². The molecule has 1 aromatic rings. The van der Waals surface area contributed by atoms with Gasteiger partial charge in [-0.1, -0.05) is 30.3 Å². The Morgan fingerprint density at radius 1 is 1.07 bits per heavy atom. The van der Waals surface area contributed by atoms with Gasteiger partial charge in [0, 0.05) is 0 Å². The second-order valence-electron chi connectivity index (χ2n) is 3.10. The largest absolute Gasteiger partial charge is 0.480 e. The molecule has 0 saturated carbocycles. The zero-order valence-electron chi connectivity index (χ0n) is 7.60. The molecule has 0 atom stereocenters. The Morgan fingerprint density at radius 3 is 1.86 bits per heavy atom. The monoisotopic (exact) mass is 194 g/mol. The van der Waals surface area contributed by atoms with E-state index in [1.807, 2.05) is 0 Å². The molecule has 4 nitrogen and oxygen atoms in total. The highest BCUT2D eigenvalue weighted by Crippen LogP contribution is 2.24. The number of aliphatic carboxylic acids is 2. The van der Waals surface area contributed by atoms with Gasteiger partial charge in [0.15, 0.2) is 5.41 Å². The Balaban J connectivity index is 3.27. The molecule has 0 aliphatic heterocycles. The molecule has 4 heteroatoms. The van der Waals surface area contributed by atoms with Crippen LogP contribution in [0.25, 0.3) is 0 Å². The third-order valence-electron chi connectivity index (χ3n) is 2.21. The van der Waals surface area contributed by atoms with Crippen LogP contribution < -0.4 is 0 Å². The lowest BCUT2D eigenvalue weighted by molar-refractivity contribution is -0.156. The molecule has 1 aromatic carbocycles. The van der Waals surface area contributed by atoms with E-state index in [0.717, 1.165) is 0 Å². The third kappa shape index (κ3) is 1.46. The van der Waals surface area contributed by atoms with Crippen LogP contribution in [0.1, 0.15) is 12.5 Å². The van der Waals surface area contributed by atoms with Crippen molar-refractivity contribution in [2.24, 2.45) is 0 Å². The predicted octanol–water partition coefficient (Wildman–Crippen LogP) is 1.11. The van der Waals surface area contributed by atoms with Crippen molar-refractivity contribution in [3.63, 3.8) is 0 Å². The van der Waals surface area contributed by atoms with E-state index < -0.39 is 17.4 Å². The predicted molar refractivity (Wildman–Crippen MR) is 49.1 cm³/mol. The number of hydrogen-bond acceptors (Lipinski definition) is 2. The van der Waals surface area contributed by atoms with Crippen molar-refractivity contribution in [2.45, 2.75) is 12.3 Å². The van der Waals surface area contributed by atoms with Crippen LogP contribution in [-0.2, 0) is 15.0 Å². The van der Waals surface area contributed by atoms with Crippen molar-refractivity contribution in [1.82, 2.24) is 0 Å². The fraction of sp³-hybridized carbons (Fsp3) is 0.200. The molecule has 0 unspecified atom stereocenters. The first-order valence-electron chi connectivity index (χ1n) is 4.02. The molecular formula is C10H10O4. The van der Waals surface area contributed by atoms with Gasteiger partial charge in [-0.25, -0.2) is 0 Å². The minimum absolute atomic E-state index is 0.264. The number of rotatable bonds is 3. The number of carboxylic acid groups (broad SMARTS) is 2. The molecule has 0 heterocycles. The molecule has 0 saturated heterocycles. The highest BCUT2D eigenvalue weighted by molar-refractivity contribution is 6.04. The minimum atomic E-state index is -1.87. The number of carbonyl (C=O) groups is 2. The van der Waals surface area contributed by atoms with Gasteiger partial charge in [-0.05, 0) is 12.5 Å². The normalized spacial score (nSPS) is 10.9. The lowest BCUT2D eigenvalue weighted by atomic mass is 9.83. The van der Waals surface area contributed by atoms with Crippen LogP contribution >= 0.6 is 0 Å². The molecule has 0 radical (unpaired) electrons. The molecule has 0 aliphatic carbocycles. The molecule has 74 valence electrons. The highest BCUT2D eigenvalue weighted by Gasteiger charge is 2.43. The molecule has 1 rings (SSSR count). The summed E-state index contributed by atoms with van der Waals surface area (Å²) in [4.78, 5) is 21.8. The molecule has 0 aromatic heterocycles. The topological polar surface area (TPSA) is 74.6 Å². The summed E-state index contributed by atoms with van der Waals surface area (Å²) in [5.74, 6) is -2.73. The average molecular weight is 194 g/mol. The molecule has 14 heavy (non-hydrogen) atoms. The van der Waals surface area contributed by atoms with Crippen LogP contribution in [0.4, 0.5) is 0 Å². The van der Waals surface area contributed by atoms with Gasteiger partial charge >= 0.3 is 11.9 Å². The summed E-state index contributed by atoms with van der Waals surface area (Å²) in [5, 5.41) is 17.8. The van der Waals surface area contributed by atoms with E-state index in [9.17, 15) is 9.59 Å². The summed E-state index contributed by atoms with van der Waals surface area (Å²) in [6.45, 7) is 1.17.